The molecule has 0 aromatic heterocycles. The van der Waals surface area contributed by atoms with Gasteiger partial charge in [-0.2, -0.15) is 0 Å². The normalized spacial score (nSPS) is 29.8. The second-order valence-corrected chi connectivity index (χ2v) is 25.9. The zero-order valence-electron chi connectivity index (χ0n) is 41.2. The predicted molar refractivity (Wildman–Crippen MR) is 267 cm³/mol. The molecule has 0 aromatic carbocycles. The molecule has 0 radical (unpaired) electrons. The Hall–Kier alpha value is -0.203. The standard InChI is InChI=1S/C55H99BrO3Si/c1-10-12-13-14-15-16-17-18-19-20-21-22-23-24-27-30-53(59-60(8,9)57-42-29-26-25-28-41-56)58-48-37-39-54(6)47(43-48)33-34-49-51-36-35-50(55(51,7)40-38-52(49)54)45(5)31-32-46(11-2)44(3)4/h18-19,31-33,44-46,48-53H,10-17,20-30,34-43H2,1-9H3/b19-18-,32-31+. The maximum atomic E-state index is 7.10. The van der Waals surface area contributed by atoms with E-state index in [9.17, 15) is 0 Å². The van der Waals surface area contributed by atoms with Gasteiger partial charge in [0.1, 0.15) is 6.29 Å². The lowest BCUT2D eigenvalue weighted by molar-refractivity contribution is -0.150. The first kappa shape index (κ1) is 52.4. The highest BCUT2D eigenvalue weighted by Crippen LogP contribution is 2.67. The van der Waals surface area contributed by atoms with Crippen LogP contribution in [-0.4, -0.2) is 32.9 Å². The van der Waals surface area contributed by atoms with Crippen molar-refractivity contribution in [2.75, 3.05) is 11.9 Å². The van der Waals surface area contributed by atoms with E-state index in [0.29, 0.717) is 22.7 Å². The van der Waals surface area contributed by atoms with Crippen LogP contribution in [0.2, 0.25) is 13.1 Å². The minimum Gasteiger partial charge on any atom is -0.394 e. The zero-order chi connectivity index (χ0) is 43.4. The molecule has 0 aromatic rings. The van der Waals surface area contributed by atoms with Gasteiger partial charge in [-0.3, -0.25) is 0 Å². The molecule has 4 aliphatic rings. The highest BCUT2D eigenvalue weighted by Gasteiger charge is 2.59. The van der Waals surface area contributed by atoms with E-state index >= 15 is 0 Å². The Bertz CT molecular complexity index is 1260. The van der Waals surface area contributed by atoms with Crippen molar-refractivity contribution in [2.45, 2.75) is 247 Å². The molecule has 3 fully saturated rings. The summed E-state index contributed by atoms with van der Waals surface area (Å²) in [5, 5.41) is 1.10. The molecule has 0 saturated heterocycles. The van der Waals surface area contributed by atoms with Crippen LogP contribution in [0, 0.1) is 52.3 Å². The Balaban J connectivity index is 1.29. The predicted octanol–water partition coefficient (Wildman–Crippen LogP) is 17.9. The van der Waals surface area contributed by atoms with Gasteiger partial charge in [0, 0.05) is 11.9 Å². The summed E-state index contributed by atoms with van der Waals surface area (Å²) in [7, 11) is -2.31. The molecule has 4 aliphatic carbocycles. The van der Waals surface area contributed by atoms with Crippen LogP contribution in [-0.2, 0) is 13.6 Å². The van der Waals surface area contributed by atoms with Gasteiger partial charge in [-0.25, -0.2) is 0 Å². The zero-order valence-corrected chi connectivity index (χ0v) is 43.8. The van der Waals surface area contributed by atoms with Gasteiger partial charge < -0.3 is 13.6 Å². The molecule has 3 nitrogen and oxygen atoms in total. The lowest BCUT2D eigenvalue weighted by atomic mass is 9.47. The lowest BCUT2D eigenvalue weighted by Gasteiger charge is -2.58. The third-order valence-corrected chi connectivity index (χ3v) is 19.0. The number of fused-ring (bicyclic) bond motifs is 5. The number of hydrogen-bond donors (Lipinski definition) is 0. The molecule has 10 atom stereocenters. The first-order chi connectivity index (χ1) is 28.9. The van der Waals surface area contributed by atoms with Crippen molar-refractivity contribution in [3.8, 4) is 0 Å². The van der Waals surface area contributed by atoms with E-state index < -0.39 is 8.56 Å². The summed E-state index contributed by atoms with van der Waals surface area (Å²) in [5.74, 6) is 5.55. The van der Waals surface area contributed by atoms with E-state index in [0.717, 1.165) is 60.8 Å². The van der Waals surface area contributed by atoms with Crippen LogP contribution in [0.5, 0.6) is 0 Å². The minimum absolute atomic E-state index is 0.147. The molecule has 0 aliphatic heterocycles. The topological polar surface area (TPSA) is 27.7 Å². The first-order valence-electron chi connectivity index (χ1n) is 26.4. The fraction of sp³-hybridized carbons (Fsp3) is 0.891. The van der Waals surface area contributed by atoms with E-state index in [4.69, 9.17) is 13.6 Å². The van der Waals surface area contributed by atoms with Crippen LogP contribution in [0.1, 0.15) is 222 Å². The second-order valence-electron chi connectivity index (χ2n) is 21.8. The molecular weight excluding hydrogens is 817 g/mol. The van der Waals surface area contributed by atoms with Gasteiger partial charge in [-0.15, -0.1) is 0 Å². The Kier molecular flexibility index (Phi) is 23.9. The lowest BCUT2D eigenvalue weighted by Crippen LogP contribution is -2.51. The SMILES string of the molecule is CCCCCCCC/C=C\CCCCCCCC(OC1CCC2(C)C(=CCC3C2CCC2(C)C(C(C)/C=C/C(CC)C(C)C)CCC32)C1)O[Si](C)(C)OCCCCCCBr. The quantitative estimate of drug-likeness (QED) is 0.0228. The third kappa shape index (κ3) is 16.0. The van der Waals surface area contributed by atoms with Gasteiger partial charge in [-0.1, -0.05) is 165 Å². The van der Waals surface area contributed by atoms with Crippen molar-refractivity contribution in [2.24, 2.45) is 52.3 Å². The van der Waals surface area contributed by atoms with E-state index in [1.54, 1.807) is 5.57 Å². The molecule has 348 valence electrons. The first-order valence-corrected chi connectivity index (χ1v) is 30.4. The summed E-state index contributed by atoms with van der Waals surface area (Å²) in [4.78, 5) is 0. The van der Waals surface area contributed by atoms with Crippen LogP contribution in [0.25, 0.3) is 0 Å². The average molecular weight is 916 g/mol. The molecule has 4 rings (SSSR count). The molecule has 0 heterocycles. The average Bonchev–Trinajstić information content (AvgIpc) is 3.58. The van der Waals surface area contributed by atoms with Crippen molar-refractivity contribution >= 4 is 24.5 Å². The van der Waals surface area contributed by atoms with E-state index in [1.165, 1.54) is 154 Å². The second kappa shape index (κ2) is 27.3. The van der Waals surface area contributed by atoms with Crippen LogP contribution in [0.15, 0.2) is 36.0 Å². The van der Waals surface area contributed by atoms with Gasteiger partial charge >= 0.3 is 8.56 Å². The largest absolute Gasteiger partial charge is 0.394 e. The number of allylic oxidation sites excluding steroid dienone is 5. The van der Waals surface area contributed by atoms with Crippen molar-refractivity contribution < 1.29 is 13.6 Å². The molecule has 10 unspecified atom stereocenters. The Morgan fingerprint density at radius 3 is 2.12 bits per heavy atom. The molecule has 0 bridgehead atoms. The van der Waals surface area contributed by atoms with Gasteiger partial charge in [0.05, 0.1) is 6.10 Å². The fourth-order valence-corrected chi connectivity index (χ4v) is 14.8. The summed E-state index contributed by atoms with van der Waals surface area (Å²) in [6, 6.07) is 0. The molecule has 5 heteroatoms. The van der Waals surface area contributed by atoms with Gasteiger partial charge in [0.25, 0.3) is 0 Å². The maximum Gasteiger partial charge on any atom is 0.333 e. The van der Waals surface area contributed by atoms with Gasteiger partial charge in [0.2, 0.25) is 0 Å². The van der Waals surface area contributed by atoms with Gasteiger partial charge in [0.15, 0.2) is 0 Å². The summed E-state index contributed by atoms with van der Waals surface area (Å²) in [6.45, 7) is 22.7. The van der Waals surface area contributed by atoms with E-state index in [-0.39, 0.29) is 12.4 Å². The molecule has 0 spiro atoms. The van der Waals surface area contributed by atoms with Crippen molar-refractivity contribution in [1.82, 2.24) is 0 Å². The summed E-state index contributed by atoms with van der Waals surface area (Å²) in [5.41, 5.74) is 2.56. The third-order valence-electron chi connectivity index (χ3n) is 16.7. The molecule has 0 amide bonds. The number of alkyl halides is 1. The highest BCUT2D eigenvalue weighted by molar-refractivity contribution is 9.09. The fourth-order valence-electron chi connectivity index (χ4n) is 12.9. The van der Waals surface area contributed by atoms with Crippen LogP contribution in [0.4, 0.5) is 0 Å². The van der Waals surface area contributed by atoms with Crippen LogP contribution in [0.3, 0.4) is 0 Å². The smallest absolute Gasteiger partial charge is 0.333 e. The monoisotopic (exact) mass is 915 g/mol. The Morgan fingerprint density at radius 1 is 0.767 bits per heavy atom. The van der Waals surface area contributed by atoms with E-state index in [1.807, 2.05) is 0 Å². The summed E-state index contributed by atoms with van der Waals surface area (Å²) in [6.07, 6.45) is 47.9. The number of unbranched alkanes of at least 4 members (excludes halogenated alkanes) is 14. The molecule has 60 heavy (non-hydrogen) atoms. The van der Waals surface area contributed by atoms with Crippen LogP contribution < -0.4 is 0 Å². The molecule has 3 saturated carbocycles. The maximum absolute atomic E-state index is 7.10. The van der Waals surface area contributed by atoms with Crippen LogP contribution >= 0.6 is 15.9 Å². The molecule has 0 N–H and O–H groups in total. The number of hydrogen-bond acceptors (Lipinski definition) is 3. The number of rotatable bonds is 31. The number of ether oxygens (including phenoxy) is 1. The van der Waals surface area contributed by atoms with E-state index in [2.05, 4.69) is 108 Å². The molecular formula is C55H99BrO3Si. The minimum atomic E-state index is -2.31. The highest BCUT2D eigenvalue weighted by atomic mass is 79.9. The Morgan fingerprint density at radius 2 is 1.43 bits per heavy atom. The number of halogens is 1. The van der Waals surface area contributed by atoms with Crippen molar-refractivity contribution in [3.05, 3.63) is 36.0 Å². The summed E-state index contributed by atoms with van der Waals surface area (Å²) < 4.78 is 20.5. The Labute approximate surface area is 383 Å². The van der Waals surface area contributed by atoms with Gasteiger partial charge in [-0.05, 0) is 175 Å². The van der Waals surface area contributed by atoms with Crippen molar-refractivity contribution in [3.63, 3.8) is 0 Å². The van der Waals surface area contributed by atoms with Crippen molar-refractivity contribution in [1.29, 1.82) is 0 Å². The summed E-state index contributed by atoms with van der Waals surface area (Å²) >= 11 is 3.58.